The van der Waals surface area contributed by atoms with Crippen LogP contribution in [-0.4, -0.2) is 19.8 Å². The number of benzene rings is 1. The van der Waals surface area contributed by atoms with Crippen LogP contribution in [0.3, 0.4) is 0 Å². The lowest BCUT2D eigenvalue weighted by molar-refractivity contribution is 0.532. The van der Waals surface area contributed by atoms with Crippen LogP contribution >= 0.6 is 31.9 Å². The van der Waals surface area contributed by atoms with E-state index in [1.807, 2.05) is 0 Å². The number of sulfonamides is 1. The molecule has 1 atom stereocenters. The fraction of sp³-hybridized carbons (Fsp3) is 0.455. The Bertz CT molecular complexity index is 508. The van der Waals surface area contributed by atoms with Crippen LogP contribution in [0.2, 0.25) is 0 Å². The molecule has 0 saturated carbocycles. The molecule has 3 nitrogen and oxygen atoms in total. The first-order valence-corrected chi connectivity index (χ1v) is 8.80. The van der Waals surface area contributed by atoms with Gasteiger partial charge in [0.25, 0.3) is 0 Å². The first-order valence-electron chi connectivity index (χ1n) is 5.40. The summed E-state index contributed by atoms with van der Waals surface area (Å²) in [6.07, 6.45) is 1.55. The van der Waals surface area contributed by atoms with Gasteiger partial charge < -0.3 is 0 Å². The lowest BCUT2D eigenvalue weighted by Crippen LogP contribution is -2.33. The van der Waals surface area contributed by atoms with Crippen molar-refractivity contribution >= 4 is 41.9 Å². The number of hydrogen-bond donors (Lipinski definition) is 1. The van der Waals surface area contributed by atoms with Crippen molar-refractivity contribution < 1.29 is 12.8 Å². The van der Waals surface area contributed by atoms with Crippen LogP contribution < -0.4 is 4.72 Å². The first-order chi connectivity index (χ1) is 8.36. The van der Waals surface area contributed by atoms with Crippen LogP contribution in [0.5, 0.6) is 0 Å². The second-order valence-corrected chi connectivity index (χ2v) is 7.32. The lowest BCUT2D eigenvalue weighted by atomic mass is 10.2. The van der Waals surface area contributed by atoms with E-state index in [0.29, 0.717) is 10.9 Å². The summed E-state index contributed by atoms with van der Waals surface area (Å²) in [4.78, 5) is -0.323. The molecule has 0 aromatic heterocycles. The van der Waals surface area contributed by atoms with Gasteiger partial charge in [0.15, 0.2) is 0 Å². The summed E-state index contributed by atoms with van der Waals surface area (Å²) in [5.41, 5.74) is 0. The summed E-state index contributed by atoms with van der Waals surface area (Å²) in [6.45, 7) is 1.76. The van der Waals surface area contributed by atoms with Crippen molar-refractivity contribution in [1.82, 2.24) is 4.72 Å². The minimum absolute atomic E-state index is 0.226. The second kappa shape index (κ2) is 6.98. The monoisotopic (exact) mass is 401 g/mol. The van der Waals surface area contributed by atoms with Crippen LogP contribution in [0.4, 0.5) is 4.39 Å². The smallest absolute Gasteiger partial charge is 0.208 e. The quantitative estimate of drug-likeness (QED) is 0.741. The molecule has 1 aromatic rings. The molecule has 102 valence electrons. The van der Waals surface area contributed by atoms with E-state index in [0.717, 1.165) is 17.8 Å². The molecule has 0 heterocycles. The summed E-state index contributed by atoms with van der Waals surface area (Å²) in [5, 5.41) is 0.811. The van der Waals surface area contributed by atoms with Crippen LogP contribution in [0.15, 0.2) is 27.6 Å². The maximum Gasteiger partial charge on any atom is 0.243 e. The van der Waals surface area contributed by atoms with Crippen LogP contribution in [0.25, 0.3) is 0 Å². The van der Waals surface area contributed by atoms with Gasteiger partial charge >= 0.3 is 0 Å². The van der Waals surface area contributed by atoms with E-state index in [-0.39, 0.29) is 10.9 Å². The van der Waals surface area contributed by atoms with Gasteiger partial charge in [-0.2, -0.15) is 0 Å². The Morgan fingerprint density at radius 3 is 2.67 bits per heavy atom. The van der Waals surface area contributed by atoms with Gasteiger partial charge in [-0.15, -0.1) is 0 Å². The Morgan fingerprint density at radius 1 is 1.44 bits per heavy atom. The third-order valence-corrected chi connectivity index (χ3v) is 4.99. The van der Waals surface area contributed by atoms with Crippen LogP contribution in [0, 0.1) is 5.82 Å². The Hall–Kier alpha value is 0.0200. The Labute approximate surface area is 123 Å². The van der Waals surface area contributed by atoms with Gasteiger partial charge in [-0.1, -0.05) is 31.9 Å². The van der Waals surface area contributed by atoms with Gasteiger partial charge in [-0.25, -0.2) is 17.5 Å². The molecule has 0 fully saturated rings. The Kier molecular flexibility index (Phi) is 6.23. The Balaban J connectivity index is 2.86. The highest BCUT2D eigenvalue weighted by Crippen LogP contribution is 2.19. The number of alkyl halides is 1. The molecule has 0 saturated heterocycles. The molecular weight excluding hydrogens is 389 g/mol. The molecule has 0 spiro atoms. The standard InChI is InChI=1S/C11H14Br2FNO2S/c1-8(3-2-6-12)15-18(16,17)11-5-4-9(13)7-10(11)14/h4-5,7-8,15H,2-3,6H2,1H3. The van der Waals surface area contributed by atoms with Crippen molar-refractivity contribution in [2.45, 2.75) is 30.7 Å². The van der Waals surface area contributed by atoms with Gasteiger partial charge in [0.05, 0.1) is 0 Å². The molecule has 0 aliphatic heterocycles. The normalized spacial score (nSPS) is 13.6. The zero-order chi connectivity index (χ0) is 13.8. The molecule has 18 heavy (non-hydrogen) atoms. The van der Waals surface area contributed by atoms with Crippen molar-refractivity contribution in [2.24, 2.45) is 0 Å². The molecule has 1 aromatic carbocycles. The summed E-state index contributed by atoms with van der Waals surface area (Å²) < 4.78 is 40.5. The summed E-state index contributed by atoms with van der Waals surface area (Å²) in [5.74, 6) is -0.760. The molecule has 0 radical (unpaired) electrons. The van der Waals surface area contributed by atoms with Gasteiger partial charge in [0.2, 0.25) is 10.0 Å². The van der Waals surface area contributed by atoms with Crippen LogP contribution in [0.1, 0.15) is 19.8 Å². The van der Waals surface area contributed by atoms with Gasteiger partial charge in [-0.05, 0) is 38.0 Å². The van der Waals surface area contributed by atoms with Crippen molar-refractivity contribution in [2.75, 3.05) is 5.33 Å². The third-order valence-electron chi connectivity index (χ3n) is 2.31. The lowest BCUT2D eigenvalue weighted by Gasteiger charge is -2.14. The molecule has 0 aliphatic rings. The number of halogens is 3. The number of nitrogens with one attached hydrogen (secondary N) is 1. The van der Waals surface area contributed by atoms with E-state index in [4.69, 9.17) is 0 Å². The summed E-state index contributed by atoms with van der Waals surface area (Å²) >= 11 is 6.37. The molecule has 1 N–H and O–H groups in total. The highest BCUT2D eigenvalue weighted by molar-refractivity contribution is 9.10. The predicted octanol–water partition coefficient (Wildman–Crippen LogP) is 3.43. The SMILES string of the molecule is CC(CCCBr)NS(=O)(=O)c1ccc(Br)cc1F. The number of hydrogen-bond acceptors (Lipinski definition) is 2. The summed E-state index contributed by atoms with van der Waals surface area (Å²) in [7, 11) is -3.80. The van der Waals surface area contributed by atoms with Crippen molar-refractivity contribution in [3.8, 4) is 0 Å². The molecule has 1 unspecified atom stereocenters. The van der Waals surface area contributed by atoms with Gasteiger partial charge in [0.1, 0.15) is 10.7 Å². The fourth-order valence-corrected chi connectivity index (χ4v) is 3.46. The summed E-state index contributed by atoms with van der Waals surface area (Å²) in [6, 6.07) is 3.66. The van der Waals surface area contributed by atoms with Gasteiger partial charge in [-0.3, -0.25) is 0 Å². The topological polar surface area (TPSA) is 46.2 Å². The van der Waals surface area contributed by atoms with E-state index < -0.39 is 15.8 Å². The average molecular weight is 403 g/mol. The van der Waals surface area contributed by atoms with E-state index in [2.05, 4.69) is 36.6 Å². The third kappa shape index (κ3) is 4.60. The zero-order valence-electron chi connectivity index (χ0n) is 9.79. The van der Waals surface area contributed by atoms with Crippen molar-refractivity contribution in [3.63, 3.8) is 0 Å². The van der Waals surface area contributed by atoms with E-state index >= 15 is 0 Å². The van der Waals surface area contributed by atoms with E-state index in [1.165, 1.54) is 12.1 Å². The molecule has 0 bridgehead atoms. The molecular formula is C11H14Br2FNO2S. The largest absolute Gasteiger partial charge is 0.243 e. The minimum atomic E-state index is -3.80. The molecule has 0 amide bonds. The zero-order valence-corrected chi connectivity index (χ0v) is 13.8. The molecule has 0 aliphatic carbocycles. The molecule has 7 heteroatoms. The highest BCUT2D eigenvalue weighted by atomic mass is 79.9. The minimum Gasteiger partial charge on any atom is -0.208 e. The van der Waals surface area contributed by atoms with E-state index in [9.17, 15) is 12.8 Å². The first kappa shape index (κ1) is 16.1. The molecule has 1 rings (SSSR count). The van der Waals surface area contributed by atoms with E-state index in [1.54, 1.807) is 6.92 Å². The average Bonchev–Trinajstić information content (AvgIpc) is 2.25. The van der Waals surface area contributed by atoms with Crippen molar-refractivity contribution in [3.05, 3.63) is 28.5 Å². The highest BCUT2D eigenvalue weighted by Gasteiger charge is 2.21. The maximum atomic E-state index is 13.6. The predicted molar refractivity (Wildman–Crippen MR) is 76.9 cm³/mol. The van der Waals surface area contributed by atoms with Crippen molar-refractivity contribution in [1.29, 1.82) is 0 Å². The number of rotatable bonds is 6. The van der Waals surface area contributed by atoms with Crippen LogP contribution in [-0.2, 0) is 10.0 Å². The van der Waals surface area contributed by atoms with Gasteiger partial charge in [0, 0.05) is 15.8 Å². The maximum absolute atomic E-state index is 13.6. The fourth-order valence-electron chi connectivity index (χ4n) is 1.46. The second-order valence-electron chi connectivity index (χ2n) is 3.93. The Morgan fingerprint density at radius 2 is 2.11 bits per heavy atom.